The average molecular weight is 377 g/mol. The molecule has 8 nitrogen and oxygen atoms in total. The van der Waals surface area contributed by atoms with Crippen LogP contribution in [-0.4, -0.2) is 57.3 Å². The average Bonchev–Trinajstić information content (AvgIpc) is 3.26. The maximum absolute atomic E-state index is 12.2. The van der Waals surface area contributed by atoms with Crippen molar-refractivity contribution in [1.29, 1.82) is 0 Å². The second-order valence-corrected chi connectivity index (χ2v) is 7.15. The number of nitrogens with one attached hydrogen (secondary N) is 1. The number of aromatic nitrogens is 3. The van der Waals surface area contributed by atoms with Crippen LogP contribution in [0.3, 0.4) is 0 Å². The molecule has 2 aromatic rings. The Balaban J connectivity index is 1.45. The molecule has 1 N–H and O–H groups in total. The molecule has 0 unspecified atom stereocenters. The second-order valence-electron chi connectivity index (χ2n) is 6.29. The van der Waals surface area contributed by atoms with Gasteiger partial charge in [-0.05, 0) is 19.8 Å². The van der Waals surface area contributed by atoms with Crippen LogP contribution in [0.25, 0.3) is 0 Å². The van der Waals surface area contributed by atoms with Crippen molar-refractivity contribution in [2.75, 3.05) is 19.7 Å². The zero-order valence-corrected chi connectivity index (χ0v) is 15.8. The highest BCUT2D eigenvalue weighted by Gasteiger charge is 2.22. The molecule has 140 valence electrons. The normalized spacial score (nSPS) is 15.8. The zero-order valence-electron chi connectivity index (χ0n) is 15.0. The number of esters is 1. The summed E-state index contributed by atoms with van der Waals surface area (Å²) in [5.41, 5.74) is 1.47. The van der Waals surface area contributed by atoms with Gasteiger partial charge in [0.15, 0.2) is 0 Å². The van der Waals surface area contributed by atoms with E-state index in [2.05, 4.69) is 20.3 Å². The number of amides is 1. The molecule has 0 radical (unpaired) electrons. The molecule has 0 aromatic carbocycles. The molecule has 3 rings (SSSR count). The van der Waals surface area contributed by atoms with E-state index in [0.29, 0.717) is 23.7 Å². The predicted octanol–water partition coefficient (Wildman–Crippen LogP) is 1.45. The fourth-order valence-corrected chi connectivity index (χ4v) is 3.64. The van der Waals surface area contributed by atoms with E-state index in [0.717, 1.165) is 31.6 Å². The lowest BCUT2D eigenvalue weighted by molar-refractivity contribution is 0.0525. The first-order chi connectivity index (χ1) is 12.5. The third-order valence-electron chi connectivity index (χ3n) is 4.28. The molecule has 9 heteroatoms. The number of aryl methyl sites for hydroxylation is 1. The predicted molar refractivity (Wildman–Crippen MR) is 97.0 cm³/mol. The summed E-state index contributed by atoms with van der Waals surface area (Å²) in [5.74, 6) is -0.435. The van der Waals surface area contributed by atoms with E-state index in [4.69, 9.17) is 4.74 Å². The van der Waals surface area contributed by atoms with Crippen LogP contribution in [0.2, 0.25) is 0 Å². The first kappa shape index (κ1) is 18.5. The quantitative estimate of drug-likeness (QED) is 0.767. The van der Waals surface area contributed by atoms with Gasteiger partial charge in [-0.2, -0.15) is 5.10 Å². The fourth-order valence-electron chi connectivity index (χ4n) is 2.94. The summed E-state index contributed by atoms with van der Waals surface area (Å²) in [6.45, 7) is 4.60. The summed E-state index contributed by atoms with van der Waals surface area (Å²) >= 11 is 1.32. The largest absolute Gasteiger partial charge is 0.461 e. The van der Waals surface area contributed by atoms with Crippen molar-refractivity contribution in [3.8, 4) is 0 Å². The highest BCUT2D eigenvalue weighted by molar-refractivity contribution is 7.11. The zero-order chi connectivity index (χ0) is 18.5. The Morgan fingerprint density at radius 2 is 2.15 bits per heavy atom. The monoisotopic (exact) mass is 377 g/mol. The van der Waals surface area contributed by atoms with Crippen molar-refractivity contribution in [2.24, 2.45) is 7.05 Å². The van der Waals surface area contributed by atoms with Crippen molar-refractivity contribution < 1.29 is 14.3 Å². The van der Waals surface area contributed by atoms with Gasteiger partial charge >= 0.3 is 5.97 Å². The number of hydrogen-bond donors (Lipinski definition) is 1. The lowest BCUT2D eigenvalue weighted by Gasteiger charge is -2.31. The SMILES string of the molecule is CCOC(=O)c1nc(CN2CCC(NC(=O)c3cnn(C)c3)CC2)cs1. The Morgan fingerprint density at radius 3 is 2.81 bits per heavy atom. The van der Waals surface area contributed by atoms with Crippen LogP contribution in [0, 0.1) is 0 Å². The molecular formula is C17H23N5O3S. The summed E-state index contributed by atoms with van der Waals surface area (Å²) in [5, 5.41) is 9.41. The number of hydrogen-bond acceptors (Lipinski definition) is 7. The number of thiazole rings is 1. The molecule has 1 saturated heterocycles. The Bertz CT molecular complexity index is 764. The van der Waals surface area contributed by atoms with Crippen molar-refractivity contribution in [2.45, 2.75) is 32.4 Å². The van der Waals surface area contributed by atoms with E-state index in [9.17, 15) is 9.59 Å². The number of carbonyl (C=O) groups is 2. The highest BCUT2D eigenvalue weighted by Crippen LogP contribution is 2.17. The fraction of sp³-hybridized carbons (Fsp3) is 0.529. The van der Waals surface area contributed by atoms with Gasteiger partial charge in [0, 0.05) is 44.3 Å². The van der Waals surface area contributed by atoms with Crippen LogP contribution in [0.5, 0.6) is 0 Å². The van der Waals surface area contributed by atoms with Gasteiger partial charge in [-0.3, -0.25) is 14.4 Å². The van der Waals surface area contributed by atoms with Gasteiger partial charge in [0.05, 0.1) is 24.1 Å². The molecule has 0 atom stereocenters. The Kier molecular flexibility index (Phi) is 6.00. The summed E-state index contributed by atoms with van der Waals surface area (Å²) in [4.78, 5) is 30.5. The number of piperidine rings is 1. The number of likely N-dealkylation sites (tertiary alicyclic amines) is 1. The third-order valence-corrected chi connectivity index (χ3v) is 5.15. The van der Waals surface area contributed by atoms with Gasteiger partial charge in [-0.1, -0.05) is 0 Å². The minimum absolute atomic E-state index is 0.0740. The number of ether oxygens (including phenoxy) is 1. The molecule has 3 heterocycles. The molecule has 1 aliphatic rings. The first-order valence-corrected chi connectivity index (χ1v) is 9.56. The maximum atomic E-state index is 12.2. The summed E-state index contributed by atoms with van der Waals surface area (Å²) in [6.07, 6.45) is 5.07. The summed E-state index contributed by atoms with van der Waals surface area (Å²) < 4.78 is 6.59. The Hall–Kier alpha value is -2.26. The van der Waals surface area contributed by atoms with Crippen LogP contribution < -0.4 is 5.32 Å². The van der Waals surface area contributed by atoms with Crippen LogP contribution in [0.4, 0.5) is 0 Å². The highest BCUT2D eigenvalue weighted by atomic mass is 32.1. The molecule has 1 aliphatic heterocycles. The molecular weight excluding hydrogens is 354 g/mol. The van der Waals surface area contributed by atoms with Crippen LogP contribution >= 0.6 is 11.3 Å². The van der Waals surface area contributed by atoms with E-state index >= 15 is 0 Å². The lowest BCUT2D eigenvalue weighted by atomic mass is 10.0. The van der Waals surface area contributed by atoms with Crippen molar-refractivity contribution in [1.82, 2.24) is 25.0 Å². The van der Waals surface area contributed by atoms with Gasteiger partial charge in [0.1, 0.15) is 0 Å². The maximum Gasteiger partial charge on any atom is 0.367 e. The van der Waals surface area contributed by atoms with Gasteiger partial charge in [-0.15, -0.1) is 11.3 Å². The molecule has 0 aliphatic carbocycles. The second kappa shape index (κ2) is 8.41. The molecule has 1 amide bonds. The minimum Gasteiger partial charge on any atom is -0.461 e. The van der Waals surface area contributed by atoms with Crippen LogP contribution in [0.15, 0.2) is 17.8 Å². The van der Waals surface area contributed by atoms with E-state index in [1.165, 1.54) is 11.3 Å². The van der Waals surface area contributed by atoms with Crippen LogP contribution in [0.1, 0.15) is 45.6 Å². The van der Waals surface area contributed by atoms with Crippen molar-refractivity contribution in [3.63, 3.8) is 0 Å². The van der Waals surface area contributed by atoms with E-state index < -0.39 is 0 Å². The molecule has 0 spiro atoms. The standard InChI is InChI=1S/C17H23N5O3S/c1-3-25-17(24)16-20-14(11-26-16)10-22-6-4-13(5-7-22)19-15(23)12-8-18-21(2)9-12/h8-9,11,13H,3-7,10H2,1-2H3,(H,19,23). The lowest BCUT2D eigenvalue weighted by Crippen LogP contribution is -2.44. The smallest absolute Gasteiger partial charge is 0.367 e. The molecule has 0 bridgehead atoms. The van der Waals surface area contributed by atoms with Gasteiger partial charge in [-0.25, -0.2) is 9.78 Å². The molecule has 1 fully saturated rings. The molecule has 0 saturated carbocycles. The molecule has 2 aromatic heterocycles. The Labute approximate surface area is 156 Å². The number of carbonyl (C=O) groups excluding carboxylic acids is 2. The third kappa shape index (κ3) is 4.67. The van der Waals surface area contributed by atoms with Crippen molar-refractivity contribution in [3.05, 3.63) is 34.0 Å². The molecule has 26 heavy (non-hydrogen) atoms. The van der Waals surface area contributed by atoms with Gasteiger partial charge < -0.3 is 10.1 Å². The first-order valence-electron chi connectivity index (χ1n) is 8.68. The van der Waals surface area contributed by atoms with Crippen LogP contribution in [-0.2, 0) is 18.3 Å². The van der Waals surface area contributed by atoms with E-state index in [1.54, 1.807) is 31.0 Å². The minimum atomic E-state index is -0.361. The van der Waals surface area contributed by atoms with Crippen molar-refractivity contribution >= 4 is 23.2 Å². The van der Waals surface area contributed by atoms with Gasteiger partial charge in [0.25, 0.3) is 5.91 Å². The topological polar surface area (TPSA) is 89.3 Å². The number of rotatable bonds is 6. The summed E-state index contributed by atoms with van der Waals surface area (Å²) in [7, 11) is 1.79. The Morgan fingerprint density at radius 1 is 1.38 bits per heavy atom. The summed E-state index contributed by atoms with van der Waals surface area (Å²) in [6, 6.07) is 0.171. The van der Waals surface area contributed by atoms with Gasteiger partial charge in [0.2, 0.25) is 5.01 Å². The van der Waals surface area contributed by atoms with E-state index in [1.807, 2.05) is 5.38 Å². The van der Waals surface area contributed by atoms with E-state index in [-0.39, 0.29) is 17.9 Å². The number of nitrogens with zero attached hydrogens (tertiary/aromatic N) is 4.